The Balaban J connectivity index is 1.72. The van der Waals surface area contributed by atoms with Gasteiger partial charge in [0.05, 0.1) is 11.0 Å². The summed E-state index contributed by atoms with van der Waals surface area (Å²) < 4.78 is 5.63. The summed E-state index contributed by atoms with van der Waals surface area (Å²) in [6, 6.07) is 18.4. The lowest BCUT2D eigenvalue weighted by atomic mass is 9.85. The van der Waals surface area contributed by atoms with Crippen molar-refractivity contribution < 1.29 is 14.9 Å². The van der Waals surface area contributed by atoms with Crippen LogP contribution in [0.4, 0.5) is 0 Å². The maximum absolute atomic E-state index is 10.4. The number of pyridine rings is 1. The molecule has 6 rings (SSSR count). The molecule has 1 aromatic heterocycles. The van der Waals surface area contributed by atoms with Crippen LogP contribution in [0.2, 0.25) is 0 Å². The topological polar surface area (TPSA) is 65.9 Å². The van der Waals surface area contributed by atoms with Gasteiger partial charge in [0.1, 0.15) is 24.4 Å². The number of aromatic nitrogens is 1. The molecule has 2 aliphatic rings. The van der Waals surface area contributed by atoms with Crippen LogP contribution in [0.25, 0.3) is 32.6 Å². The van der Waals surface area contributed by atoms with Crippen LogP contribution in [0.15, 0.2) is 54.6 Å². The molecule has 0 unspecified atom stereocenters. The Kier molecular flexibility index (Phi) is 2.50. The van der Waals surface area contributed by atoms with Gasteiger partial charge in [0, 0.05) is 16.3 Å². The van der Waals surface area contributed by atoms with Gasteiger partial charge in [-0.15, -0.1) is 0 Å². The Morgan fingerprint density at radius 2 is 1.72 bits per heavy atom. The van der Waals surface area contributed by atoms with E-state index in [0.29, 0.717) is 0 Å². The van der Waals surface area contributed by atoms with Gasteiger partial charge >= 0.3 is 0 Å². The van der Waals surface area contributed by atoms with E-state index in [1.807, 2.05) is 30.3 Å². The van der Waals surface area contributed by atoms with Crippen LogP contribution in [-0.4, -0.2) is 27.4 Å². The molecular formula is C21H15NO3. The lowest BCUT2D eigenvalue weighted by molar-refractivity contribution is 0.0000942. The number of hydrogen-bond acceptors (Lipinski definition) is 4. The standard InChI is InChI=1S/C21H15NO3/c23-18-13-7-5-11-9-14-12-4-2-1-3-10(12)6-8-15(14)22-17(11)16(13)20-21(25-20)19(18)24/h1-9,18-21,23-24H/t18-,19+,20+,21-/m1/s1. The third-order valence-corrected chi connectivity index (χ3v) is 5.55. The third-order valence-electron chi connectivity index (χ3n) is 5.55. The van der Waals surface area contributed by atoms with Crippen molar-refractivity contribution in [3.8, 4) is 0 Å². The lowest BCUT2D eigenvalue weighted by Crippen LogP contribution is -2.29. The zero-order chi connectivity index (χ0) is 16.7. The van der Waals surface area contributed by atoms with Gasteiger partial charge in [-0.3, -0.25) is 0 Å². The minimum Gasteiger partial charge on any atom is -0.387 e. The predicted molar refractivity (Wildman–Crippen MR) is 95.3 cm³/mol. The highest BCUT2D eigenvalue weighted by Gasteiger charge is 2.54. The summed E-state index contributed by atoms with van der Waals surface area (Å²) in [4.78, 5) is 4.90. The van der Waals surface area contributed by atoms with Crippen LogP contribution < -0.4 is 0 Å². The molecule has 2 heterocycles. The normalized spacial score (nSPS) is 27.4. The van der Waals surface area contributed by atoms with Crippen molar-refractivity contribution in [1.29, 1.82) is 0 Å². The Bertz CT molecular complexity index is 1190. The third kappa shape index (κ3) is 1.74. The maximum atomic E-state index is 10.4. The number of fused-ring (bicyclic) bond motifs is 8. The van der Waals surface area contributed by atoms with Gasteiger partial charge in [0.15, 0.2) is 0 Å². The van der Waals surface area contributed by atoms with E-state index in [-0.39, 0.29) is 12.2 Å². The van der Waals surface area contributed by atoms with Crippen LogP contribution in [0.1, 0.15) is 23.3 Å². The van der Waals surface area contributed by atoms with E-state index < -0.39 is 12.2 Å². The molecular weight excluding hydrogens is 314 g/mol. The number of aliphatic hydroxyl groups excluding tert-OH is 2. The van der Waals surface area contributed by atoms with Crippen molar-refractivity contribution in [2.45, 2.75) is 24.4 Å². The van der Waals surface area contributed by atoms with Gasteiger partial charge in [-0.1, -0.05) is 42.5 Å². The molecule has 0 radical (unpaired) electrons. The first-order valence-corrected chi connectivity index (χ1v) is 8.49. The fraction of sp³-hybridized carbons (Fsp3) is 0.190. The van der Waals surface area contributed by atoms with Crippen molar-refractivity contribution in [3.63, 3.8) is 0 Å². The molecule has 4 nitrogen and oxygen atoms in total. The molecule has 0 bridgehead atoms. The first-order chi connectivity index (χ1) is 12.2. The van der Waals surface area contributed by atoms with E-state index in [4.69, 9.17) is 9.72 Å². The summed E-state index contributed by atoms with van der Waals surface area (Å²) in [5, 5.41) is 25.0. The number of epoxide rings is 1. The minimum absolute atomic E-state index is 0.164. The molecule has 1 fully saturated rings. The highest BCUT2D eigenvalue weighted by molar-refractivity contribution is 6.09. The molecule has 0 spiro atoms. The second kappa shape index (κ2) is 4.55. The van der Waals surface area contributed by atoms with Crippen LogP contribution in [0.3, 0.4) is 0 Å². The highest BCUT2D eigenvalue weighted by Crippen LogP contribution is 2.52. The van der Waals surface area contributed by atoms with Gasteiger partial charge in [-0.2, -0.15) is 0 Å². The molecule has 25 heavy (non-hydrogen) atoms. The molecule has 3 aromatic carbocycles. The molecule has 0 saturated carbocycles. The molecule has 1 saturated heterocycles. The van der Waals surface area contributed by atoms with Crippen molar-refractivity contribution in [1.82, 2.24) is 4.98 Å². The lowest BCUT2D eigenvalue weighted by Gasteiger charge is -2.24. The molecule has 122 valence electrons. The molecule has 1 aliphatic heterocycles. The fourth-order valence-corrected chi connectivity index (χ4v) is 4.23. The van der Waals surface area contributed by atoms with Gasteiger partial charge in [0.25, 0.3) is 0 Å². The number of benzene rings is 3. The first kappa shape index (κ1) is 13.7. The van der Waals surface area contributed by atoms with E-state index >= 15 is 0 Å². The number of hydrogen-bond donors (Lipinski definition) is 2. The van der Waals surface area contributed by atoms with Crippen molar-refractivity contribution in [3.05, 3.63) is 65.7 Å². The maximum Gasteiger partial charge on any atom is 0.118 e. The van der Waals surface area contributed by atoms with Crippen molar-refractivity contribution >= 4 is 32.6 Å². The average Bonchev–Trinajstić information content (AvgIpc) is 3.44. The quantitative estimate of drug-likeness (QED) is 0.295. The molecule has 0 amide bonds. The number of ether oxygens (including phenoxy) is 1. The SMILES string of the molecule is O[C@@H]1[C@H]2O[C@H]2c2c(ccc3cc4c(ccc5ccccc54)nc23)[C@H]1O. The highest BCUT2D eigenvalue weighted by atomic mass is 16.6. The largest absolute Gasteiger partial charge is 0.387 e. The Labute approximate surface area is 143 Å². The van der Waals surface area contributed by atoms with E-state index in [0.717, 1.165) is 32.9 Å². The second-order valence-electron chi connectivity index (χ2n) is 6.94. The Morgan fingerprint density at radius 1 is 0.880 bits per heavy atom. The van der Waals surface area contributed by atoms with Gasteiger partial charge < -0.3 is 14.9 Å². The van der Waals surface area contributed by atoms with Crippen molar-refractivity contribution in [2.75, 3.05) is 0 Å². The molecule has 2 N–H and O–H groups in total. The summed E-state index contributed by atoms with van der Waals surface area (Å²) in [6.45, 7) is 0. The van der Waals surface area contributed by atoms with E-state index in [2.05, 4.69) is 24.3 Å². The summed E-state index contributed by atoms with van der Waals surface area (Å²) >= 11 is 0. The monoisotopic (exact) mass is 329 g/mol. The van der Waals surface area contributed by atoms with E-state index in [1.54, 1.807) is 0 Å². The zero-order valence-electron chi connectivity index (χ0n) is 13.3. The van der Waals surface area contributed by atoms with E-state index in [1.165, 1.54) is 10.8 Å². The van der Waals surface area contributed by atoms with Gasteiger partial charge in [-0.05, 0) is 28.5 Å². The summed E-state index contributed by atoms with van der Waals surface area (Å²) in [6.07, 6.45) is -2.26. The minimum atomic E-state index is -0.919. The van der Waals surface area contributed by atoms with Crippen molar-refractivity contribution in [2.24, 2.45) is 0 Å². The molecule has 4 aromatic rings. The van der Waals surface area contributed by atoms with Crippen LogP contribution >= 0.6 is 0 Å². The molecule has 4 atom stereocenters. The smallest absolute Gasteiger partial charge is 0.118 e. The molecule has 4 heteroatoms. The van der Waals surface area contributed by atoms with Crippen LogP contribution in [-0.2, 0) is 4.74 Å². The summed E-state index contributed by atoms with van der Waals surface area (Å²) in [5.41, 5.74) is 3.44. The van der Waals surface area contributed by atoms with Gasteiger partial charge in [-0.25, -0.2) is 4.98 Å². The summed E-state index contributed by atoms with van der Waals surface area (Å²) in [5.74, 6) is 0. The number of aliphatic hydroxyl groups is 2. The Hall–Kier alpha value is -2.53. The second-order valence-corrected chi connectivity index (χ2v) is 6.94. The number of rotatable bonds is 0. The van der Waals surface area contributed by atoms with E-state index in [9.17, 15) is 10.2 Å². The Morgan fingerprint density at radius 3 is 2.64 bits per heavy atom. The zero-order valence-corrected chi connectivity index (χ0v) is 13.3. The number of nitrogens with zero attached hydrogens (tertiary/aromatic N) is 1. The first-order valence-electron chi connectivity index (χ1n) is 8.49. The van der Waals surface area contributed by atoms with Crippen LogP contribution in [0, 0.1) is 0 Å². The fourth-order valence-electron chi connectivity index (χ4n) is 4.23. The molecule has 1 aliphatic carbocycles. The predicted octanol–water partition coefficient (Wildman–Crippen LogP) is 3.39. The van der Waals surface area contributed by atoms with Crippen LogP contribution in [0.5, 0.6) is 0 Å². The summed E-state index contributed by atoms with van der Waals surface area (Å²) in [7, 11) is 0. The van der Waals surface area contributed by atoms with Gasteiger partial charge in [0.2, 0.25) is 0 Å². The average molecular weight is 329 g/mol.